The van der Waals surface area contributed by atoms with Crippen molar-refractivity contribution in [1.82, 2.24) is 9.97 Å². The van der Waals surface area contributed by atoms with Crippen LogP contribution in [0.25, 0.3) is 0 Å². The highest BCUT2D eigenvalue weighted by molar-refractivity contribution is 5.89. The zero-order chi connectivity index (χ0) is 16.1. The second-order valence-corrected chi connectivity index (χ2v) is 5.10. The Labute approximate surface area is 128 Å². The molecule has 0 aliphatic carbocycles. The van der Waals surface area contributed by atoms with E-state index in [2.05, 4.69) is 15.3 Å². The number of hydrogen-bond donors (Lipinski definition) is 2. The molecule has 0 saturated heterocycles. The molecule has 0 fully saturated rings. The minimum atomic E-state index is -0.359. The van der Waals surface area contributed by atoms with Crippen LogP contribution in [0.15, 0.2) is 35.1 Å². The molecule has 1 aromatic heterocycles. The van der Waals surface area contributed by atoms with Crippen LogP contribution in [0.2, 0.25) is 0 Å². The molecular weight excluding hydrogens is 282 g/mol. The maximum atomic E-state index is 11.6. The van der Waals surface area contributed by atoms with Crippen molar-refractivity contribution in [1.29, 1.82) is 0 Å². The Morgan fingerprint density at radius 1 is 1.32 bits per heavy atom. The second-order valence-electron chi connectivity index (χ2n) is 5.10. The maximum Gasteiger partial charge on any atom is 0.338 e. The van der Waals surface area contributed by atoms with Gasteiger partial charge in [-0.15, -0.1) is 0 Å². The number of anilines is 2. The fourth-order valence-electron chi connectivity index (χ4n) is 1.87. The van der Waals surface area contributed by atoms with E-state index >= 15 is 0 Å². The molecule has 0 atom stereocenters. The average Bonchev–Trinajstić information content (AvgIpc) is 2.47. The summed E-state index contributed by atoms with van der Waals surface area (Å²) in [5, 5.41) is 3.02. The van der Waals surface area contributed by atoms with Crippen LogP contribution in [0.5, 0.6) is 0 Å². The number of carbonyl (C=O) groups excluding carboxylic acids is 1. The third-order valence-corrected chi connectivity index (χ3v) is 3.01. The highest BCUT2D eigenvalue weighted by Crippen LogP contribution is 2.16. The Kier molecular flexibility index (Phi) is 4.93. The molecule has 2 rings (SSSR count). The summed E-state index contributed by atoms with van der Waals surface area (Å²) in [6, 6.07) is 8.26. The standard InChI is InChI=1S/C16H19N3O3/c1-4-22-15(21)11-5-7-12(8-6-11)17-16-18-13(10(2)3)9-14(20)19-16/h5-10H,4H2,1-3H3,(H2,17,18,19,20). The van der Waals surface area contributed by atoms with Gasteiger partial charge in [0.1, 0.15) is 0 Å². The number of rotatable bonds is 5. The molecule has 0 bridgehead atoms. The number of ether oxygens (including phenoxy) is 1. The summed E-state index contributed by atoms with van der Waals surface area (Å²) in [4.78, 5) is 30.2. The first-order chi connectivity index (χ1) is 10.5. The topological polar surface area (TPSA) is 84.1 Å². The Morgan fingerprint density at radius 2 is 2.00 bits per heavy atom. The Hall–Kier alpha value is -2.63. The number of carbonyl (C=O) groups is 1. The molecule has 1 aromatic carbocycles. The summed E-state index contributed by atoms with van der Waals surface area (Å²) in [6.07, 6.45) is 0. The molecule has 6 nitrogen and oxygen atoms in total. The normalized spacial score (nSPS) is 10.5. The first-order valence-corrected chi connectivity index (χ1v) is 7.15. The first kappa shape index (κ1) is 15.8. The number of benzene rings is 1. The predicted octanol–water partition coefficient (Wildman–Crippen LogP) is 2.81. The molecule has 0 radical (unpaired) electrons. The van der Waals surface area contributed by atoms with Gasteiger partial charge >= 0.3 is 5.97 Å². The van der Waals surface area contributed by atoms with E-state index in [1.54, 1.807) is 31.2 Å². The van der Waals surface area contributed by atoms with Gasteiger partial charge in [0.05, 0.1) is 17.9 Å². The molecule has 22 heavy (non-hydrogen) atoms. The molecule has 0 unspecified atom stereocenters. The van der Waals surface area contributed by atoms with Crippen LogP contribution in [-0.2, 0) is 4.74 Å². The number of esters is 1. The molecule has 0 aliphatic heterocycles. The van der Waals surface area contributed by atoms with Crippen LogP contribution < -0.4 is 10.9 Å². The van der Waals surface area contributed by atoms with Gasteiger partial charge in [0.15, 0.2) is 0 Å². The lowest BCUT2D eigenvalue weighted by Gasteiger charge is -2.09. The molecule has 6 heteroatoms. The number of aromatic amines is 1. The van der Waals surface area contributed by atoms with Gasteiger partial charge in [0, 0.05) is 11.8 Å². The molecule has 1 heterocycles. The highest BCUT2D eigenvalue weighted by Gasteiger charge is 2.07. The number of aromatic nitrogens is 2. The van der Waals surface area contributed by atoms with E-state index in [-0.39, 0.29) is 17.4 Å². The van der Waals surface area contributed by atoms with Crippen molar-refractivity contribution in [3.8, 4) is 0 Å². The summed E-state index contributed by atoms with van der Waals surface area (Å²) < 4.78 is 4.92. The maximum absolute atomic E-state index is 11.6. The molecule has 116 valence electrons. The van der Waals surface area contributed by atoms with E-state index in [9.17, 15) is 9.59 Å². The summed E-state index contributed by atoms with van der Waals surface area (Å²) in [5.41, 5.74) is 1.71. The van der Waals surface area contributed by atoms with Crippen molar-refractivity contribution >= 4 is 17.6 Å². The van der Waals surface area contributed by atoms with Crippen molar-refractivity contribution in [3.05, 3.63) is 51.9 Å². The largest absolute Gasteiger partial charge is 0.462 e. The van der Waals surface area contributed by atoms with Crippen molar-refractivity contribution < 1.29 is 9.53 Å². The van der Waals surface area contributed by atoms with Gasteiger partial charge in [-0.3, -0.25) is 9.78 Å². The monoisotopic (exact) mass is 301 g/mol. The zero-order valence-electron chi connectivity index (χ0n) is 12.8. The van der Waals surface area contributed by atoms with Crippen LogP contribution in [0.4, 0.5) is 11.6 Å². The summed E-state index contributed by atoms with van der Waals surface area (Å²) in [5.74, 6) is 0.177. The Morgan fingerprint density at radius 3 is 2.59 bits per heavy atom. The van der Waals surface area contributed by atoms with Crippen molar-refractivity contribution in [2.45, 2.75) is 26.7 Å². The van der Waals surface area contributed by atoms with Crippen molar-refractivity contribution in [2.24, 2.45) is 0 Å². The lowest BCUT2D eigenvalue weighted by Crippen LogP contribution is -2.12. The second kappa shape index (κ2) is 6.89. The molecular formula is C16H19N3O3. The van der Waals surface area contributed by atoms with Crippen LogP contribution in [-0.4, -0.2) is 22.5 Å². The molecule has 0 spiro atoms. The third kappa shape index (κ3) is 3.94. The van der Waals surface area contributed by atoms with Crippen molar-refractivity contribution in [3.63, 3.8) is 0 Å². The fourth-order valence-corrected chi connectivity index (χ4v) is 1.87. The van der Waals surface area contributed by atoms with Gasteiger partial charge in [-0.05, 0) is 37.1 Å². The Balaban J connectivity index is 2.17. The lowest BCUT2D eigenvalue weighted by molar-refractivity contribution is 0.0526. The quantitative estimate of drug-likeness (QED) is 0.830. The highest BCUT2D eigenvalue weighted by atomic mass is 16.5. The van der Waals surface area contributed by atoms with Gasteiger partial charge < -0.3 is 10.1 Å². The molecule has 0 saturated carbocycles. The summed E-state index contributed by atoms with van der Waals surface area (Å²) in [6.45, 7) is 6.04. The number of nitrogens with one attached hydrogen (secondary N) is 2. The number of H-pyrrole nitrogens is 1. The van der Waals surface area contributed by atoms with Crippen LogP contribution >= 0.6 is 0 Å². The van der Waals surface area contributed by atoms with Crippen LogP contribution in [0.1, 0.15) is 42.7 Å². The van der Waals surface area contributed by atoms with E-state index in [0.29, 0.717) is 18.1 Å². The molecule has 0 amide bonds. The smallest absolute Gasteiger partial charge is 0.338 e. The van der Waals surface area contributed by atoms with Crippen LogP contribution in [0.3, 0.4) is 0 Å². The van der Waals surface area contributed by atoms with Crippen LogP contribution in [0, 0.1) is 0 Å². The number of hydrogen-bond acceptors (Lipinski definition) is 5. The van der Waals surface area contributed by atoms with Gasteiger partial charge in [0.25, 0.3) is 5.56 Å². The van der Waals surface area contributed by atoms with E-state index in [4.69, 9.17) is 4.74 Å². The fraction of sp³-hybridized carbons (Fsp3) is 0.312. The van der Waals surface area contributed by atoms with Crippen molar-refractivity contribution in [2.75, 3.05) is 11.9 Å². The SMILES string of the molecule is CCOC(=O)c1ccc(Nc2nc(C(C)C)cc(=O)[nH]2)cc1. The van der Waals surface area contributed by atoms with Gasteiger partial charge in [-0.2, -0.15) is 0 Å². The predicted molar refractivity (Wildman–Crippen MR) is 84.6 cm³/mol. The minimum Gasteiger partial charge on any atom is -0.462 e. The van der Waals surface area contributed by atoms with E-state index in [1.807, 2.05) is 13.8 Å². The molecule has 2 aromatic rings. The van der Waals surface area contributed by atoms with Gasteiger partial charge in [-0.25, -0.2) is 9.78 Å². The Bertz CT molecular complexity index is 705. The van der Waals surface area contributed by atoms with Gasteiger partial charge in [0.2, 0.25) is 5.95 Å². The third-order valence-electron chi connectivity index (χ3n) is 3.01. The van der Waals surface area contributed by atoms with E-state index in [1.165, 1.54) is 6.07 Å². The van der Waals surface area contributed by atoms with Gasteiger partial charge in [-0.1, -0.05) is 13.8 Å². The first-order valence-electron chi connectivity index (χ1n) is 7.15. The summed E-state index contributed by atoms with van der Waals surface area (Å²) in [7, 11) is 0. The number of nitrogens with zero attached hydrogens (tertiary/aromatic N) is 1. The molecule has 0 aliphatic rings. The average molecular weight is 301 g/mol. The molecule has 2 N–H and O–H groups in total. The van der Waals surface area contributed by atoms with E-state index in [0.717, 1.165) is 11.4 Å². The lowest BCUT2D eigenvalue weighted by atomic mass is 10.1. The summed E-state index contributed by atoms with van der Waals surface area (Å²) >= 11 is 0. The van der Waals surface area contributed by atoms with E-state index < -0.39 is 0 Å². The zero-order valence-corrected chi connectivity index (χ0v) is 12.8. The minimum absolute atomic E-state index is 0.161.